The molecule has 0 aliphatic carbocycles. The molecule has 1 fully saturated rings. The van der Waals surface area contributed by atoms with Crippen LogP contribution >= 0.6 is 22.6 Å². The van der Waals surface area contributed by atoms with Gasteiger partial charge >= 0.3 is 5.69 Å². The van der Waals surface area contributed by atoms with Gasteiger partial charge in [0.15, 0.2) is 12.4 Å². The third-order valence-electron chi connectivity index (χ3n) is 6.50. The zero-order chi connectivity index (χ0) is 26.0. The zero-order valence-electron chi connectivity index (χ0n) is 19.5. The Morgan fingerprint density at radius 3 is 1.89 bits per heavy atom. The Labute approximate surface area is 225 Å². The van der Waals surface area contributed by atoms with Gasteiger partial charge in [0.2, 0.25) is 0 Å². The number of rotatable bonds is 7. The third-order valence-corrected chi connectivity index (χ3v) is 7.27. The molecule has 5 rings (SSSR count). The normalized spacial score (nSPS) is 21.7. The Morgan fingerprint density at radius 1 is 0.919 bits per heavy atom. The van der Waals surface area contributed by atoms with Crippen molar-refractivity contribution in [2.75, 3.05) is 6.61 Å². The second-order valence-corrected chi connectivity index (χ2v) is 9.90. The SMILES string of the molecule is O=c1[nH]c(=O)n([C@@H]2O[C@H](COC(c3ccccc3)(c3ccccc3)c3ccccc3)[C@@H](O)[C@@H]2F)cc1I. The van der Waals surface area contributed by atoms with Crippen LogP contribution in [0.15, 0.2) is 107 Å². The summed E-state index contributed by atoms with van der Waals surface area (Å²) in [6.07, 6.45) is -4.74. The molecule has 2 N–H and O–H groups in total. The van der Waals surface area contributed by atoms with Crippen molar-refractivity contribution in [2.45, 2.75) is 30.2 Å². The smallest absolute Gasteiger partial charge is 0.330 e. The van der Waals surface area contributed by atoms with Gasteiger partial charge in [-0.3, -0.25) is 14.3 Å². The van der Waals surface area contributed by atoms with E-state index in [4.69, 9.17) is 9.47 Å². The number of aromatic amines is 1. The van der Waals surface area contributed by atoms with Gasteiger partial charge in [-0.25, -0.2) is 9.18 Å². The van der Waals surface area contributed by atoms with Crippen molar-refractivity contribution in [3.63, 3.8) is 0 Å². The summed E-state index contributed by atoms with van der Waals surface area (Å²) < 4.78 is 28.9. The monoisotopic (exact) mass is 614 g/mol. The van der Waals surface area contributed by atoms with Gasteiger partial charge in [0.1, 0.15) is 17.8 Å². The Morgan fingerprint density at radius 2 is 1.41 bits per heavy atom. The lowest BCUT2D eigenvalue weighted by atomic mass is 9.80. The molecule has 0 amide bonds. The molecule has 4 aromatic rings. The van der Waals surface area contributed by atoms with Crippen LogP contribution in [0.25, 0.3) is 0 Å². The van der Waals surface area contributed by atoms with E-state index in [1.165, 1.54) is 6.20 Å². The van der Waals surface area contributed by atoms with E-state index in [1.807, 2.05) is 91.0 Å². The largest absolute Gasteiger partial charge is 0.387 e. The number of benzene rings is 3. The number of hydrogen-bond donors (Lipinski definition) is 2. The number of hydrogen-bond acceptors (Lipinski definition) is 5. The Kier molecular flexibility index (Phi) is 7.38. The van der Waals surface area contributed by atoms with Crippen LogP contribution < -0.4 is 11.2 Å². The summed E-state index contributed by atoms with van der Waals surface area (Å²) in [6, 6.07) is 28.9. The van der Waals surface area contributed by atoms with Gasteiger partial charge in [-0.2, -0.15) is 0 Å². The van der Waals surface area contributed by atoms with Crippen molar-refractivity contribution < 1.29 is 19.0 Å². The number of nitrogens with one attached hydrogen (secondary N) is 1. The van der Waals surface area contributed by atoms with Crippen LogP contribution in [0.2, 0.25) is 0 Å². The molecule has 0 bridgehead atoms. The van der Waals surface area contributed by atoms with Crippen molar-refractivity contribution >= 4 is 22.6 Å². The number of alkyl halides is 1. The maximum Gasteiger partial charge on any atom is 0.330 e. The number of aliphatic hydroxyl groups is 1. The summed E-state index contributed by atoms with van der Waals surface area (Å²) in [5.74, 6) is 0. The molecular weight excluding hydrogens is 590 g/mol. The van der Waals surface area contributed by atoms with Gasteiger partial charge in [-0.1, -0.05) is 91.0 Å². The highest BCUT2D eigenvalue weighted by Gasteiger charge is 2.47. The lowest BCUT2D eigenvalue weighted by Gasteiger charge is -2.37. The van der Waals surface area contributed by atoms with E-state index in [-0.39, 0.29) is 10.2 Å². The van der Waals surface area contributed by atoms with Crippen LogP contribution in [0.4, 0.5) is 4.39 Å². The van der Waals surface area contributed by atoms with Gasteiger partial charge in [0.25, 0.3) is 5.56 Å². The van der Waals surface area contributed by atoms with Crippen molar-refractivity contribution in [1.29, 1.82) is 0 Å². The summed E-state index contributed by atoms with van der Waals surface area (Å²) in [6.45, 7) is -0.175. The first kappa shape index (κ1) is 25.5. The quantitative estimate of drug-likeness (QED) is 0.245. The summed E-state index contributed by atoms with van der Waals surface area (Å²) in [4.78, 5) is 26.2. The van der Waals surface area contributed by atoms with Gasteiger partial charge in [-0.05, 0) is 39.3 Å². The molecule has 0 unspecified atom stereocenters. The lowest BCUT2D eigenvalue weighted by Crippen LogP contribution is -2.39. The van der Waals surface area contributed by atoms with Gasteiger partial charge in [-0.15, -0.1) is 0 Å². The highest BCUT2D eigenvalue weighted by Crippen LogP contribution is 2.41. The third kappa shape index (κ3) is 4.79. The van der Waals surface area contributed by atoms with Gasteiger partial charge in [0.05, 0.1) is 10.2 Å². The van der Waals surface area contributed by atoms with Crippen molar-refractivity contribution in [3.05, 3.63) is 138 Å². The van der Waals surface area contributed by atoms with Crippen LogP contribution in [0, 0.1) is 3.57 Å². The van der Waals surface area contributed by atoms with Crippen molar-refractivity contribution in [2.24, 2.45) is 0 Å². The molecule has 0 spiro atoms. The highest BCUT2D eigenvalue weighted by atomic mass is 127. The predicted octanol–water partition coefficient (Wildman–Crippen LogP) is 3.75. The maximum atomic E-state index is 15.2. The fourth-order valence-electron chi connectivity index (χ4n) is 4.69. The van der Waals surface area contributed by atoms with E-state index < -0.39 is 41.5 Å². The van der Waals surface area contributed by atoms with Crippen LogP contribution in [-0.4, -0.2) is 39.6 Å². The van der Waals surface area contributed by atoms with Crippen LogP contribution in [0.1, 0.15) is 22.9 Å². The minimum Gasteiger partial charge on any atom is -0.387 e. The summed E-state index contributed by atoms with van der Waals surface area (Å²) >= 11 is 1.75. The number of nitrogens with zero attached hydrogens (tertiary/aromatic N) is 1. The lowest BCUT2D eigenvalue weighted by molar-refractivity contribution is -0.0950. The number of aromatic nitrogens is 2. The van der Waals surface area contributed by atoms with Crippen LogP contribution in [0.3, 0.4) is 0 Å². The molecule has 190 valence electrons. The van der Waals surface area contributed by atoms with E-state index in [9.17, 15) is 14.7 Å². The molecule has 4 atom stereocenters. The fourth-order valence-corrected chi connectivity index (χ4v) is 5.13. The van der Waals surface area contributed by atoms with E-state index in [0.29, 0.717) is 0 Å². The fraction of sp³-hybridized carbons (Fsp3) is 0.214. The first-order chi connectivity index (χ1) is 17.9. The summed E-state index contributed by atoms with van der Waals surface area (Å²) in [5.41, 5.74) is 0.0630. The average Bonchev–Trinajstić information content (AvgIpc) is 3.21. The standard InChI is InChI=1S/C28H24FIN2O5/c29-23-24(33)22(37-26(23)32-16-21(30)25(34)31-27(32)35)17-36-28(18-10-4-1-5-11-18,19-12-6-2-7-13-19)20-14-8-3-9-15-20/h1-16,22-24,26,33H,17H2,(H,31,34,35)/t22-,23+,24-,26-/m1/s1. The summed E-state index contributed by atoms with van der Waals surface area (Å²) in [7, 11) is 0. The topological polar surface area (TPSA) is 93.6 Å². The van der Waals surface area contributed by atoms with Crippen molar-refractivity contribution in [3.8, 4) is 0 Å². The number of ether oxygens (including phenoxy) is 2. The van der Waals surface area contributed by atoms with Gasteiger partial charge in [0, 0.05) is 6.20 Å². The highest BCUT2D eigenvalue weighted by molar-refractivity contribution is 14.1. The summed E-state index contributed by atoms with van der Waals surface area (Å²) in [5, 5.41) is 10.7. The average molecular weight is 614 g/mol. The Bertz CT molecular complexity index is 1370. The minimum atomic E-state index is -1.91. The molecule has 9 heteroatoms. The number of halogens is 2. The second-order valence-electron chi connectivity index (χ2n) is 8.73. The predicted molar refractivity (Wildman–Crippen MR) is 144 cm³/mol. The first-order valence-corrected chi connectivity index (χ1v) is 12.8. The zero-order valence-corrected chi connectivity index (χ0v) is 21.7. The number of aliphatic hydroxyl groups excluding tert-OH is 1. The van der Waals surface area contributed by atoms with Gasteiger partial charge < -0.3 is 14.6 Å². The molecule has 1 aliphatic rings. The Hall–Kier alpha value is -3.12. The van der Waals surface area contributed by atoms with E-state index >= 15 is 4.39 Å². The van der Waals surface area contributed by atoms with Crippen LogP contribution in [-0.2, 0) is 15.1 Å². The molecule has 3 aromatic carbocycles. The Balaban J connectivity index is 1.53. The molecule has 1 aromatic heterocycles. The molecule has 1 saturated heterocycles. The molecule has 37 heavy (non-hydrogen) atoms. The molecule has 2 heterocycles. The van der Waals surface area contributed by atoms with E-state index in [1.54, 1.807) is 22.6 Å². The van der Waals surface area contributed by atoms with Crippen LogP contribution in [0.5, 0.6) is 0 Å². The molecule has 1 aliphatic heterocycles. The molecule has 7 nitrogen and oxygen atoms in total. The molecule has 0 saturated carbocycles. The van der Waals surface area contributed by atoms with Crippen molar-refractivity contribution in [1.82, 2.24) is 9.55 Å². The van der Waals surface area contributed by atoms with E-state index in [2.05, 4.69) is 4.98 Å². The first-order valence-electron chi connectivity index (χ1n) is 11.7. The molecule has 0 radical (unpaired) electrons. The maximum absolute atomic E-state index is 15.2. The number of H-pyrrole nitrogens is 1. The molecular formula is C28H24FIN2O5. The second kappa shape index (κ2) is 10.7. The minimum absolute atomic E-state index is 0.175. The van der Waals surface area contributed by atoms with E-state index in [0.717, 1.165) is 21.3 Å².